The molecule has 1 aromatic rings. The van der Waals surface area contributed by atoms with Crippen LogP contribution in [0.5, 0.6) is 5.88 Å². The van der Waals surface area contributed by atoms with E-state index in [0.717, 1.165) is 13.1 Å². The fourth-order valence-corrected chi connectivity index (χ4v) is 3.79. The zero-order chi connectivity index (χ0) is 18.8. The Kier molecular flexibility index (Phi) is 5.50. The molecule has 26 heavy (non-hydrogen) atoms. The number of hydrogen-bond acceptors (Lipinski definition) is 6. The van der Waals surface area contributed by atoms with Crippen LogP contribution in [0.4, 0.5) is 0 Å². The lowest BCUT2D eigenvalue weighted by Gasteiger charge is -2.52. The lowest BCUT2D eigenvalue weighted by molar-refractivity contribution is -0.133. The number of hydrogen-bond donors (Lipinski definition) is 1. The van der Waals surface area contributed by atoms with Crippen molar-refractivity contribution in [2.24, 2.45) is 5.41 Å². The highest BCUT2D eigenvalue weighted by molar-refractivity contribution is 5.94. The smallest absolute Gasteiger partial charge is 0.254 e. The number of carbonyl (C=O) groups is 1. The van der Waals surface area contributed by atoms with Crippen LogP contribution in [-0.2, 0) is 4.74 Å². The minimum absolute atomic E-state index is 0.0489. The van der Waals surface area contributed by atoms with Crippen LogP contribution in [0.1, 0.15) is 30.6 Å². The van der Waals surface area contributed by atoms with Gasteiger partial charge in [-0.15, -0.1) is 0 Å². The molecule has 7 nitrogen and oxygen atoms in total. The SMILES string of the molecule is COc1cc(C(=O)N2CC[C@@](O)(CN3CCOCC3)C(C)(C)C2)ccn1. The average molecular weight is 363 g/mol. The van der Waals surface area contributed by atoms with Crippen LogP contribution < -0.4 is 4.74 Å². The summed E-state index contributed by atoms with van der Waals surface area (Å²) in [7, 11) is 1.53. The normalized spacial score (nSPS) is 26.5. The van der Waals surface area contributed by atoms with Gasteiger partial charge in [0.2, 0.25) is 5.88 Å². The minimum Gasteiger partial charge on any atom is -0.481 e. The minimum atomic E-state index is -0.822. The number of ether oxygens (including phenoxy) is 2. The topological polar surface area (TPSA) is 75.1 Å². The molecular formula is C19H29N3O4. The van der Waals surface area contributed by atoms with E-state index in [1.165, 1.54) is 7.11 Å². The summed E-state index contributed by atoms with van der Waals surface area (Å²) in [5.74, 6) is 0.378. The largest absolute Gasteiger partial charge is 0.481 e. The molecule has 0 aliphatic carbocycles. The first-order valence-corrected chi connectivity index (χ1v) is 9.16. The molecule has 2 fully saturated rings. The zero-order valence-corrected chi connectivity index (χ0v) is 15.9. The summed E-state index contributed by atoms with van der Waals surface area (Å²) in [6.45, 7) is 8.87. The average Bonchev–Trinajstić information content (AvgIpc) is 2.64. The molecular weight excluding hydrogens is 334 g/mol. The third kappa shape index (κ3) is 3.84. The number of aliphatic hydroxyl groups is 1. The molecule has 1 atom stereocenters. The van der Waals surface area contributed by atoms with Crippen molar-refractivity contribution in [3.8, 4) is 5.88 Å². The Labute approximate surface area is 154 Å². The van der Waals surface area contributed by atoms with E-state index in [4.69, 9.17) is 9.47 Å². The van der Waals surface area contributed by atoms with Gasteiger partial charge in [0.05, 0.1) is 25.9 Å². The fraction of sp³-hybridized carbons (Fsp3) is 0.684. The van der Waals surface area contributed by atoms with E-state index in [-0.39, 0.29) is 5.91 Å². The van der Waals surface area contributed by atoms with Gasteiger partial charge in [0.25, 0.3) is 5.91 Å². The number of rotatable bonds is 4. The molecule has 0 aromatic carbocycles. The molecule has 3 rings (SSSR count). The van der Waals surface area contributed by atoms with Gasteiger partial charge in [0, 0.05) is 56.0 Å². The lowest BCUT2D eigenvalue weighted by atomic mass is 9.69. The van der Waals surface area contributed by atoms with Crippen molar-refractivity contribution in [1.29, 1.82) is 0 Å². The number of likely N-dealkylation sites (tertiary alicyclic amines) is 1. The van der Waals surface area contributed by atoms with Crippen LogP contribution in [0.25, 0.3) is 0 Å². The van der Waals surface area contributed by atoms with Gasteiger partial charge in [-0.2, -0.15) is 0 Å². The van der Waals surface area contributed by atoms with Gasteiger partial charge in [-0.1, -0.05) is 13.8 Å². The van der Waals surface area contributed by atoms with Gasteiger partial charge >= 0.3 is 0 Å². The quantitative estimate of drug-likeness (QED) is 0.861. The number of amides is 1. The Morgan fingerprint density at radius 2 is 2.08 bits per heavy atom. The maximum Gasteiger partial charge on any atom is 0.254 e. The summed E-state index contributed by atoms with van der Waals surface area (Å²) < 4.78 is 10.5. The molecule has 144 valence electrons. The molecule has 1 N–H and O–H groups in total. The van der Waals surface area contributed by atoms with Crippen LogP contribution in [-0.4, -0.2) is 84.4 Å². The van der Waals surface area contributed by atoms with Crippen molar-refractivity contribution >= 4 is 5.91 Å². The van der Waals surface area contributed by atoms with Crippen LogP contribution in [0.15, 0.2) is 18.3 Å². The molecule has 7 heteroatoms. The summed E-state index contributed by atoms with van der Waals surface area (Å²) in [4.78, 5) is 21.0. The third-order valence-electron chi connectivity index (χ3n) is 5.71. The van der Waals surface area contributed by atoms with Crippen molar-refractivity contribution in [2.45, 2.75) is 25.9 Å². The summed E-state index contributed by atoms with van der Waals surface area (Å²) in [5, 5.41) is 11.4. The van der Waals surface area contributed by atoms with Gasteiger partial charge in [-0.3, -0.25) is 9.69 Å². The maximum absolute atomic E-state index is 12.9. The molecule has 2 aliphatic rings. The monoisotopic (exact) mass is 363 g/mol. The van der Waals surface area contributed by atoms with Crippen LogP contribution >= 0.6 is 0 Å². The van der Waals surface area contributed by atoms with Gasteiger partial charge in [-0.05, 0) is 12.5 Å². The van der Waals surface area contributed by atoms with Crippen LogP contribution in [0.2, 0.25) is 0 Å². The zero-order valence-electron chi connectivity index (χ0n) is 15.9. The maximum atomic E-state index is 12.9. The second-order valence-electron chi connectivity index (χ2n) is 7.87. The molecule has 1 amide bonds. The Balaban J connectivity index is 1.69. The molecule has 0 radical (unpaired) electrons. The Bertz CT molecular complexity index is 645. The van der Waals surface area contributed by atoms with Crippen molar-refractivity contribution < 1.29 is 19.4 Å². The molecule has 2 saturated heterocycles. The highest BCUT2D eigenvalue weighted by Crippen LogP contribution is 2.39. The first-order chi connectivity index (χ1) is 12.3. The third-order valence-corrected chi connectivity index (χ3v) is 5.71. The van der Waals surface area contributed by atoms with Crippen molar-refractivity contribution in [2.75, 3.05) is 53.0 Å². The van der Waals surface area contributed by atoms with Crippen molar-refractivity contribution in [1.82, 2.24) is 14.8 Å². The van der Waals surface area contributed by atoms with E-state index in [9.17, 15) is 9.90 Å². The summed E-state index contributed by atoms with van der Waals surface area (Å²) in [5.41, 5.74) is -0.667. The number of pyridine rings is 1. The first kappa shape index (κ1) is 19.1. The van der Waals surface area contributed by atoms with Crippen LogP contribution in [0, 0.1) is 5.41 Å². The first-order valence-electron chi connectivity index (χ1n) is 9.16. The van der Waals surface area contributed by atoms with E-state index in [1.807, 2.05) is 18.7 Å². The summed E-state index contributed by atoms with van der Waals surface area (Å²) in [6.07, 6.45) is 2.14. The molecule has 3 heterocycles. The number of aromatic nitrogens is 1. The summed E-state index contributed by atoms with van der Waals surface area (Å²) >= 11 is 0. The standard InChI is InChI=1S/C19H29N3O4/c1-18(2)13-22(17(23)15-4-6-20-16(12-15)25-3)7-5-19(18,24)14-21-8-10-26-11-9-21/h4,6,12,24H,5,7-11,13-14H2,1-3H3/t19-/m1/s1. The Morgan fingerprint density at radius 3 is 2.73 bits per heavy atom. The Morgan fingerprint density at radius 1 is 1.35 bits per heavy atom. The number of nitrogens with zero attached hydrogens (tertiary/aromatic N) is 3. The molecule has 0 saturated carbocycles. The molecule has 0 spiro atoms. The Hall–Kier alpha value is -1.70. The summed E-state index contributed by atoms with van der Waals surface area (Å²) in [6, 6.07) is 3.36. The fourth-order valence-electron chi connectivity index (χ4n) is 3.79. The highest BCUT2D eigenvalue weighted by atomic mass is 16.5. The van der Waals surface area contributed by atoms with Crippen LogP contribution in [0.3, 0.4) is 0 Å². The molecule has 1 aromatic heterocycles. The number of methoxy groups -OCH3 is 1. The number of carbonyl (C=O) groups excluding carboxylic acids is 1. The highest BCUT2D eigenvalue weighted by Gasteiger charge is 2.49. The van der Waals surface area contributed by atoms with Gasteiger partial charge in [-0.25, -0.2) is 4.98 Å². The predicted octanol–water partition coefficient (Wildman–Crippen LogP) is 1.03. The second kappa shape index (κ2) is 7.50. The van der Waals surface area contributed by atoms with Crippen molar-refractivity contribution in [3.63, 3.8) is 0 Å². The van der Waals surface area contributed by atoms with Gasteiger partial charge in [0.1, 0.15) is 0 Å². The number of morpholine rings is 1. The van der Waals surface area contributed by atoms with Gasteiger partial charge < -0.3 is 19.5 Å². The number of β-amino-alcohol motifs (C(OH)–C–C–N with tert-alkyl or cyclic N) is 1. The molecule has 0 bridgehead atoms. The lowest BCUT2D eigenvalue weighted by Crippen LogP contribution is -2.63. The van der Waals surface area contributed by atoms with E-state index in [1.54, 1.807) is 18.3 Å². The van der Waals surface area contributed by atoms with Crippen molar-refractivity contribution in [3.05, 3.63) is 23.9 Å². The van der Waals surface area contributed by atoms with E-state index >= 15 is 0 Å². The van der Waals surface area contributed by atoms with E-state index in [2.05, 4.69) is 9.88 Å². The van der Waals surface area contributed by atoms with E-state index in [0.29, 0.717) is 50.7 Å². The predicted molar refractivity (Wildman–Crippen MR) is 97.3 cm³/mol. The molecule has 2 aliphatic heterocycles. The molecule has 0 unspecified atom stereocenters. The second-order valence-corrected chi connectivity index (χ2v) is 7.87. The number of piperidine rings is 1. The van der Waals surface area contributed by atoms with E-state index < -0.39 is 11.0 Å². The van der Waals surface area contributed by atoms with Gasteiger partial charge in [0.15, 0.2) is 0 Å².